The number of aryl methyl sites for hydroxylation is 3. The second kappa shape index (κ2) is 5.67. The van der Waals surface area contributed by atoms with Crippen molar-refractivity contribution in [1.29, 1.82) is 0 Å². The van der Waals surface area contributed by atoms with Crippen LogP contribution in [0.25, 0.3) is 10.2 Å². The third-order valence-corrected chi connectivity index (χ3v) is 5.06. The lowest BCUT2D eigenvalue weighted by molar-refractivity contribution is -0.672. The summed E-state index contributed by atoms with van der Waals surface area (Å²) < 4.78 is 38.8. The van der Waals surface area contributed by atoms with Gasteiger partial charge in [0.25, 0.3) is 10.1 Å². The Bertz CT molecular complexity index is 734. The van der Waals surface area contributed by atoms with Crippen molar-refractivity contribution in [3.63, 3.8) is 0 Å². The quantitative estimate of drug-likeness (QED) is 0.677. The molecular weight excluding hydrogens is 298 g/mol. The van der Waals surface area contributed by atoms with Gasteiger partial charge in [0.15, 0.2) is 6.54 Å². The second-order valence-electron chi connectivity index (χ2n) is 4.70. The van der Waals surface area contributed by atoms with Gasteiger partial charge in [-0.15, -0.1) is 0 Å². The van der Waals surface area contributed by atoms with Gasteiger partial charge in [-0.05, 0) is 12.5 Å². The number of ether oxygens (including phenoxy) is 1. The minimum Gasteiger partial charge on any atom is -0.496 e. The average Bonchev–Trinajstić information content (AvgIpc) is 2.63. The molecule has 0 radical (unpaired) electrons. The molecule has 2 aromatic rings. The van der Waals surface area contributed by atoms with Crippen molar-refractivity contribution in [1.82, 2.24) is 0 Å². The van der Waals surface area contributed by atoms with E-state index >= 15 is 0 Å². The van der Waals surface area contributed by atoms with E-state index in [9.17, 15) is 8.42 Å². The van der Waals surface area contributed by atoms with Crippen molar-refractivity contribution in [2.75, 3.05) is 12.9 Å². The lowest BCUT2D eigenvalue weighted by Crippen LogP contribution is -2.35. The van der Waals surface area contributed by atoms with E-state index in [0.717, 1.165) is 26.5 Å². The highest BCUT2D eigenvalue weighted by Crippen LogP contribution is 2.28. The maximum Gasteiger partial charge on any atom is 0.265 e. The van der Waals surface area contributed by atoms with Gasteiger partial charge in [0.2, 0.25) is 10.5 Å². The van der Waals surface area contributed by atoms with E-state index in [4.69, 9.17) is 9.29 Å². The van der Waals surface area contributed by atoms with Gasteiger partial charge < -0.3 is 4.74 Å². The van der Waals surface area contributed by atoms with Gasteiger partial charge in [-0.1, -0.05) is 11.3 Å². The topological polar surface area (TPSA) is 67.5 Å². The normalized spacial score (nSPS) is 12.0. The van der Waals surface area contributed by atoms with Crippen LogP contribution in [0.2, 0.25) is 0 Å². The first-order valence-corrected chi connectivity index (χ1v) is 8.67. The van der Waals surface area contributed by atoms with Gasteiger partial charge in [-0.25, -0.2) is 0 Å². The lowest BCUT2D eigenvalue weighted by Gasteiger charge is -2.03. The van der Waals surface area contributed by atoms with E-state index in [1.807, 2.05) is 26.0 Å². The maximum atomic E-state index is 10.8. The van der Waals surface area contributed by atoms with E-state index < -0.39 is 10.1 Å². The highest BCUT2D eigenvalue weighted by atomic mass is 32.2. The molecule has 0 aliphatic heterocycles. The van der Waals surface area contributed by atoms with Crippen LogP contribution in [0.4, 0.5) is 0 Å². The van der Waals surface area contributed by atoms with Gasteiger partial charge in [-0.2, -0.15) is 13.0 Å². The zero-order valence-electron chi connectivity index (χ0n) is 11.7. The van der Waals surface area contributed by atoms with Gasteiger partial charge in [0.1, 0.15) is 10.4 Å². The van der Waals surface area contributed by atoms with Crippen molar-refractivity contribution in [3.05, 3.63) is 22.7 Å². The Labute approximate surface area is 122 Å². The molecule has 20 heavy (non-hydrogen) atoms. The van der Waals surface area contributed by atoms with Crippen molar-refractivity contribution in [2.24, 2.45) is 0 Å². The number of thiazole rings is 1. The first-order chi connectivity index (χ1) is 9.31. The number of nitrogens with zero attached hydrogens (tertiary/aromatic N) is 1. The minimum atomic E-state index is -3.89. The van der Waals surface area contributed by atoms with Crippen LogP contribution in [0, 0.1) is 13.8 Å². The summed E-state index contributed by atoms with van der Waals surface area (Å²) >= 11 is 1.65. The monoisotopic (exact) mass is 316 g/mol. The van der Waals surface area contributed by atoms with Crippen LogP contribution in [0.5, 0.6) is 5.75 Å². The van der Waals surface area contributed by atoms with E-state index in [2.05, 4.69) is 4.57 Å². The Morgan fingerprint density at radius 1 is 1.35 bits per heavy atom. The fraction of sp³-hybridized carbons (Fsp3) is 0.462. The second-order valence-corrected chi connectivity index (χ2v) is 7.51. The Balaban J connectivity index is 2.33. The molecule has 0 amide bonds. The summed E-state index contributed by atoms with van der Waals surface area (Å²) in [5, 5.41) is 1.10. The predicted molar refractivity (Wildman–Crippen MR) is 79.1 cm³/mol. The molecule has 0 atom stereocenters. The number of rotatable bonds is 5. The van der Waals surface area contributed by atoms with Gasteiger partial charge in [0, 0.05) is 25.5 Å². The maximum absolute atomic E-state index is 10.8. The Morgan fingerprint density at radius 2 is 2.05 bits per heavy atom. The Morgan fingerprint density at radius 3 is 2.65 bits per heavy atom. The molecule has 0 saturated carbocycles. The molecule has 0 spiro atoms. The average molecular weight is 316 g/mol. The summed E-state index contributed by atoms with van der Waals surface area (Å²) in [6.45, 7) is 4.55. The molecule has 7 heteroatoms. The predicted octanol–water partition coefficient (Wildman–Crippen LogP) is 2.09. The molecule has 0 aliphatic rings. The summed E-state index contributed by atoms with van der Waals surface area (Å²) in [6.07, 6.45) is 0.390. The van der Waals surface area contributed by atoms with Crippen LogP contribution in [-0.2, 0) is 16.7 Å². The molecule has 0 unspecified atom stereocenters. The number of aromatic nitrogens is 1. The largest absolute Gasteiger partial charge is 0.496 e. The van der Waals surface area contributed by atoms with E-state index in [-0.39, 0.29) is 5.75 Å². The Kier molecular flexibility index (Phi) is 4.31. The fourth-order valence-corrected chi connectivity index (χ4v) is 3.79. The van der Waals surface area contributed by atoms with Crippen LogP contribution in [0.3, 0.4) is 0 Å². The van der Waals surface area contributed by atoms with Crippen molar-refractivity contribution in [2.45, 2.75) is 26.8 Å². The van der Waals surface area contributed by atoms with Crippen LogP contribution >= 0.6 is 11.3 Å². The van der Waals surface area contributed by atoms with Gasteiger partial charge in [-0.3, -0.25) is 4.55 Å². The van der Waals surface area contributed by atoms with E-state index in [1.165, 1.54) is 0 Å². The minimum absolute atomic E-state index is 0.216. The van der Waals surface area contributed by atoms with Crippen molar-refractivity contribution < 1.29 is 22.3 Å². The lowest BCUT2D eigenvalue weighted by atomic mass is 10.2. The fourth-order valence-electron chi connectivity index (χ4n) is 2.23. The molecule has 0 aliphatic carbocycles. The summed E-state index contributed by atoms with van der Waals surface area (Å²) in [5.41, 5.74) is 2.11. The number of benzene rings is 1. The zero-order valence-corrected chi connectivity index (χ0v) is 13.3. The zero-order chi connectivity index (χ0) is 14.9. The molecule has 5 nitrogen and oxygen atoms in total. The standard InChI is InChI=1S/C13H17NO4S2/c1-9-7-11-13(8-12(9)18-3)19-10(2)14(11)5-4-6-20(15,16)17/h7-8H,4-6H2,1-3H3/p+1. The molecule has 1 heterocycles. The van der Waals surface area contributed by atoms with Crippen LogP contribution < -0.4 is 9.30 Å². The first-order valence-electron chi connectivity index (χ1n) is 6.24. The van der Waals surface area contributed by atoms with Crippen LogP contribution in [0.1, 0.15) is 17.0 Å². The third kappa shape index (κ3) is 3.28. The molecule has 110 valence electrons. The third-order valence-electron chi connectivity index (χ3n) is 3.19. The number of methoxy groups -OCH3 is 1. The van der Waals surface area contributed by atoms with Crippen LogP contribution in [0.15, 0.2) is 12.1 Å². The van der Waals surface area contributed by atoms with Gasteiger partial charge in [0.05, 0.1) is 12.9 Å². The van der Waals surface area contributed by atoms with Crippen LogP contribution in [-0.4, -0.2) is 25.8 Å². The summed E-state index contributed by atoms with van der Waals surface area (Å²) in [7, 11) is -2.24. The van der Waals surface area contributed by atoms with Crippen molar-refractivity contribution in [3.8, 4) is 5.75 Å². The van der Waals surface area contributed by atoms with Crippen molar-refractivity contribution >= 4 is 31.7 Å². The Hall–Kier alpha value is -1.18. The number of hydrogen-bond donors (Lipinski definition) is 1. The summed E-state index contributed by atoms with van der Waals surface area (Å²) in [5.74, 6) is 0.634. The summed E-state index contributed by atoms with van der Waals surface area (Å²) in [4.78, 5) is 0. The highest BCUT2D eigenvalue weighted by Gasteiger charge is 2.19. The molecule has 0 saturated heterocycles. The number of fused-ring (bicyclic) bond motifs is 1. The molecule has 0 bridgehead atoms. The van der Waals surface area contributed by atoms with E-state index in [1.54, 1.807) is 18.4 Å². The molecule has 0 fully saturated rings. The van der Waals surface area contributed by atoms with Gasteiger partial charge >= 0.3 is 0 Å². The first kappa shape index (κ1) is 15.2. The molecule has 2 rings (SSSR count). The number of hydrogen-bond acceptors (Lipinski definition) is 4. The smallest absolute Gasteiger partial charge is 0.265 e. The molecular formula is C13H18NO4S2+. The molecule has 1 aromatic carbocycles. The highest BCUT2D eigenvalue weighted by molar-refractivity contribution is 7.85. The SMILES string of the molecule is COc1cc2sc(C)[n+](CCCS(=O)(=O)O)c2cc1C. The molecule has 1 N–H and O–H groups in total. The summed E-state index contributed by atoms with van der Waals surface area (Å²) in [6, 6.07) is 4.05. The molecule has 1 aromatic heterocycles. The van der Waals surface area contributed by atoms with E-state index in [0.29, 0.717) is 13.0 Å².